The summed E-state index contributed by atoms with van der Waals surface area (Å²) in [5.74, 6) is -0.324. The lowest BCUT2D eigenvalue weighted by atomic mass is 10.1. The Labute approximate surface area is 157 Å². The fourth-order valence-corrected chi connectivity index (χ4v) is 3.20. The number of hydrogen-bond acceptors (Lipinski definition) is 4. The van der Waals surface area contributed by atoms with Crippen LogP contribution in [-0.2, 0) is 16.1 Å². The first-order chi connectivity index (χ1) is 13.0. The number of aromatic nitrogens is 2. The van der Waals surface area contributed by atoms with Crippen LogP contribution in [0, 0.1) is 0 Å². The van der Waals surface area contributed by atoms with Crippen LogP contribution in [0.2, 0.25) is 0 Å². The van der Waals surface area contributed by atoms with Crippen molar-refractivity contribution in [2.75, 3.05) is 19.6 Å². The Morgan fingerprint density at radius 3 is 2.59 bits per heavy atom. The van der Waals surface area contributed by atoms with E-state index in [1.54, 1.807) is 15.9 Å². The van der Waals surface area contributed by atoms with Crippen molar-refractivity contribution in [1.29, 1.82) is 0 Å². The number of carbonyl (C=O) groups excluding carboxylic acids is 2. The monoisotopic (exact) mass is 366 g/mol. The van der Waals surface area contributed by atoms with Gasteiger partial charge in [-0.1, -0.05) is 36.9 Å². The van der Waals surface area contributed by atoms with Gasteiger partial charge in [-0.15, -0.1) is 0 Å². The molecular weight excluding hydrogens is 344 g/mol. The molecule has 0 radical (unpaired) electrons. The molecule has 1 fully saturated rings. The first-order valence-electron chi connectivity index (χ1n) is 8.84. The van der Waals surface area contributed by atoms with Crippen molar-refractivity contribution >= 4 is 11.8 Å². The molecule has 7 heteroatoms. The predicted octanol–water partition coefficient (Wildman–Crippen LogP) is 1.16. The third-order valence-corrected chi connectivity index (χ3v) is 4.66. The number of piperazine rings is 1. The summed E-state index contributed by atoms with van der Waals surface area (Å²) < 4.78 is 1.19. The molecule has 0 unspecified atom stereocenters. The highest BCUT2D eigenvalue weighted by Crippen LogP contribution is 2.15. The fourth-order valence-electron chi connectivity index (χ4n) is 3.20. The van der Waals surface area contributed by atoms with Gasteiger partial charge in [0.15, 0.2) is 0 Å². The summed E-state index contributed by atoms with van der Waals surface area (Å²) in [7, 11) is 0. The zero-order valence-electron chi connectivity index (χ0n) is 15.2. The van der Waals surface area contributed by atoms with Gasteiger partial charge in [0.25, 0.3) is 5.56 Å². The summed E-state index contributed by atoms with van der Waals surface area (Å²) in [5.41, 5.74) is 1.19. The van der Waals surface area contributed by atoms with Gasteiger partial charge in [-0.3, -0.25) is 14.4 Å². The molecule has 0 saturated carbocycles. The van der Waals surface area contributed by atoms with Crippen LogP contribution in [-0.4, -0.2) is 57.1 Å². The minimum atomic E-state index is -0.323. The number of benzene rings is 1. The van der Waals surface area contributed by atoms with E-state index in [4.69, 9.17) is 0 Å². The molecule has 1 atom stereocenters. The number of nitrogens with zero attached hydrogens (tertiary/aromatic N) is 4. The molecule has 0 bridgehead atoms. The normalized spacial score (nSPS) is 16.9. The Hall–Kier alpha value is -3.22. The van der Waals surface area contributed by atoms with Gasteiger partial charge in [-0.2, -0.15) is 5.10 Å². The van der Waals surface area contributed by atoms with E-state index in [1.165, 1.54) is 16.8 Å². The summed E-state index contributed by atoms with van der Waals surface area (Å²) in [6, 6.07) is 12.4. The van der Waals surface area contributed by atoms with E-state index in [0.29, 0.717) is 25.3 Å². The van der Waals surface area contributed by atoms with Gasteiger partial charge in [0.2, 0.25) is 11.8 Å². The van der Waals surface area contributed by atoms with E-state index < -0.39 is 0 Å². The van der Waals surface area contributed by atoms with Crippen LogP contribution in [0.1, 0.15) is 6.92 Å². The van der Waals surface area contributed by atoms with Gasteiger partial charge in [-0.25, -0.2) is 4.68 Å². The van der Waals surface area contributed by atoms with Crippen LogP contribution in [0.15, 0.2) is 59.9 Å². The highest BCUT2D eigenvalue weighted by Gasteiger charge is 2.29. The smallest absolute Gasteiger partial charge is 0.267 e. The molecule has 1 aliphatic heterocycles. The van der Waals surface area contributed by atoms with Crippen molar-refractivity contribution in [3.05, 3.63) is 65.5 Å². The third kappa shape index (κ3) is 4.13. The van der Waals surface area contributed by atoms with Crippen molar-refractivity contribution < 1.29 is 9.59 Å². The van der Waals surface area contributed by atoms with E-state index in [1.807, 2.05) is 37.3 Å². The molecular formula is C20H22N4O3. The van der Waals surface area contributed by atoms with Gasteiger partial charge in [0.1, 0.15) is 6.54 Å². The SMILES string of the molecule is C=CC(=O)N1CCN(C(=O)Cn2nc(-c3ccccc3)ccc2=O)[C@@H](C)C1. The molecule has 1 saturated heterocycles. The summed E-state index contributed by atoms with van der Waals surface area (Å²) in [6.07, 6.45) is 1.28. The summed E-state index contributed by atoms with van der Waals surface area (Å²) in [4.78, 5) is 40.0. The number of hydrogen-bond donors (Lipinski definition) is 0. The Morgan fingerprint density at radius 2 is 1.93 bits per heavy atom. The van der Waals surface area contributed by atoms with Gasteiger partial charge in [-0.05, 0) is 19.1 Å². The number of rotatable bonds is 4. The minimum Gasteiger partial charge on any atom is -0.335 e. The second-order valence-corrected chi connectivity index (χ2v) is 6.51. The average Bonchev–Trinajstić information content (AvgIpc) is 2.69. The van der Waals surface area contributed by atoms with E-state index in [2.05, 4.69) is 11.7 Å². The molecule has 2 aromatic rings. The van der Waals surface area contributed by atoms with Crippen molar-refractivity contribution in [1.82, 2.24) is 19.6 Å². The third-order valence-electron chi connectivity index (χ3n) is 4.66. The number of carbonyl (C=O) groups is 2. The number of amides is 2. The molecule has 1 aliphatic rings. The maximum absolute atomic E-state index is 12.7. The molecule has 140 valence electrons. The largest absolute Gasteiger partial charge is 0.335 e. The van der Waals surface area contributed by atoms with Crippen LogP contribution < -0.4 is 5.56 Å². The molecule has 3 rings (SSSR count). The maximum atomic E-state index is 12.7. The summed E-state index contributed by atoms with van der Waals surface area (Å²) >= 11 is 0. The highest BCUT2D eigenvalue weighted by atomic mass is 16.2. The minimum absolute atomic E-state index is 0.126. The lowest BCUT2D eigenvalue weighted by Gasteiger charge is -2.39. The van der Waals surface area contributed by atoms with Crippen LogP contribution >= 0.6 is 0 Å². The Kier molecular flexibility index (Phi) is 5.49. The molecule has 7 nitrogen and oxygen atoms in total. The van der Waals surface area contributed by atoms with Crippen LogP contribution in [0.4, 0.5) is 0 Å². The Balaban J connectivity index is 1.74. The zero-order chi connectivity index (χ0) is 19.4. The van der Waals surface area contributed by atoms with Crippen LogP contribution in [0.25, 0.3) is 11.3 Å². The van der Waals surface area contributed by atoms with Gasteiger partial charge in [0, 0.05) is 37.3 Å². The maximum Gasteiger partial charge on any atom is 0.267 e. The van der Waals surface area contributed by atoms with Gasteiger partial charge in [0.05, 0.1) is 5.69 Å². The topological polar surface area (TPSA) is 75.5 Å². The first kappa shape index (κ1) is 18.6. The molecule has 0 aliphatic carbocycles. The van der Waals surface area contributed by atoms with Gasteiger partial charge < -0.3 is 9.80 Å². The van der Waals surface area contributed by atoms with Crippen molar-refractivity contribution in [2.24, 2.45) is 0 Å². The van der Waals surface area contributed by atoms with Crippen LogP contribution in [0.5, 0.6) is 0 Å². The summed E-state index contributed by atoms with van der Waals surface area (Å²) in [6.45, 7) is 6.58. The predicted molar refractivity (Wildman–Crippen MR) is 102 cm³/mol. The second-order valence-electron chi connectivity index (χ2n) is 6.51. The first-order valence-corrected chi connectivity index (χ1v) is 8.84. The van der Waals surface area contributed by atoms with Crippen molar-refractivity contribution in [3.63, 3.8) is 0 Å². The standard InChI is InChI=1S/C20H22N4O3/c1-3-18(25)22-11-12-23(15(2)13-22)20(27)14-24-19(26)10-9-17(21-24)16-7-5-4-6-8-16/h3-10,15H,1,11-14H2,2H3/t15-/m0/s1. The Morgan fingerprint density at radius 1 is 1.19 bits per heavy atom. The molecule has 27 heavy (non-hydrogen) atoms. The molecule has 2 heterocycles. The van der Waals surface area contributed by atoms with E-state index in [9.17, 15) is 14.4 Å². The van der Waals surface area contributed by atoms with E-state index >= 15 is 0 Å². The average molecular weight is 366 g/mol. The molecule has 1 aromatic carbocycles. The lowest BCUT2D eigenvalue weighted by Crippen LogP contribution is -2.56. The Bertz CT molecular complexity index is 907. The van der Waals surface area contributed by atoms with Gasteiger partial charge >= 0.3 is 0 Å². The molecule has 0 N–H and O–H groups in total. The van der Waals surface area contributed by atoms with E-state index in [-0.39, 0.29) is 30.0 Å². The van der Waals surface area contributed by atoms with E-state index in [0.717, 1.165) is 5.56 Å². The zero-order valence-corrected chi connectivity index (χ0v) is 15.2. The highest BCUT2D eigenvalue weighted by molar-refractivity contribution is 5.87. The molecule has 2 amide bonds. The molecule has 1 aromatic heterocycles. The quantitative estimate of drug-likeness (QED) is 0.761. The fraction of sp³-hybridized carbons (Fsp3) is 0.300. The second kappa shape index (κ2) is 7.99. The van der Waals surface area contributed by atoms with Crippen LogP contribution in [0.3, 0.4) is 0 Å². The van der Waals surface area contributed by atoms with Crippen molar-refractivity contribution in [3.8, 4) is 11.3 Å². The van der Waals surface area contributed by atoms with Crippen molar-refractivity contribution in [2.45, 2.75) is 19.5 Å². The molecule has 0 spiro atoms. The summed E-state index contributed by atoms with van der Waals surface area (Å²) in [5, 5.41) is 4.34. The lowest BCUT2D eigenvalue weighted by molar-refractivity contribution is -0.141.